The van der Waals surface area contributed by atoms with Crippen molar-refractivity contribution < 1.29 is 27.9 Å². The van der Waals surface area contributed by atoms with Gasteiger partial charge in [0.05, 0.1) is 7.11 Å². The van der Waals surface area contributed by atoms with Crippen LogP contribution in [0, 0.1) is 0 Å². The van der Waals surface area contributed by atoms with E-state index in [-0.39, 0.29) is 16.2 Å². The van der Waals surface area contributed by atoms with E-state index in [0.29, 0.717) is 12.8 Å². The Hall–Kier alpha value is -1.45. The molecule has 0 aliphatic rings. The summed E-state index contributed by atoms with van der Waals surface area (Å²) >= 11 is 0.987. The second kappa shape index (κ2) is 7.53. The van der Waals surface area contributed by atoms with Gasteiger partial charge >= 0.3 is 11.9 Å². The van der Waals surface area contributed by atoms with Gasteiger partial charge < -0.3 is 9.84 Å². The van der Waals surface area contributed by atoms with E-state index in [1.54, 1.807) is 6.92 Å². The summed E-state index contributed by atoms with van der Waals surface area (Å²) in [6, 6.07) is 0.906. The van der Waals surface area contributed by atoms with Crippen LogP contribution in [0.15, 0.2) is 16.3 Å². The number of esters is 1. The van der Waals surface area contributed by atoms with Gasteiger partial charge in [0.1, 0.15) is 9.77 Å². The Kier molecular flexibility index (Phi) is 6.31. The maximum atomic E-state index is 12.2. The number of hydrogen-bond acceptors (Lipinski definition) is 6. The van der Waals surface area contributed by atoms with Gasteiger partial charge in [-0.1, -0.05) is 0 Å². The van der Waals surface area contributed by atoms with Crippen molar-refractivity contribution in [2.75, 3.05) is 7.11 Å². The topological polar surface area (TPSA) is 110 Å². The number of thiophene rings is 1. The average Bonchev–Trinajstić information content (AvgIpc) is 2.86. The Labute approximate surface area is 127 Å². The van der Waals surface area contributed by atoms with Crippen molar-refractivity contribution in [2.45, 2.75) is 37.1 Å². The quantitative estimate of drug-likeness (QED) is 0.696. The molecule has 0 aliphatic heterocycles. The maximum Gasteiger partial charge on any atom is 0.349 e. The molecule has 0 fully saturated rings. The van der Waals surface area contributed by atoms with E-state index in [2.05, 4.69) is 9.46 Å². The first-order valence-electron chi connectivity index (χ1n) is 6.18. The van der Waals surface area contributed by atoms with Crippen LogP contribution < -0.4 is 4.72 Å². The minimum Gasteiger partial charge on any atom is -0.481 e. The summed E-state index contributed by atoms with van der Waals surface area (Å²) in [5.41, 5.74) is 0. The lowest BCUT2D eigenvalue weighted by Crippen LogP contribution is -2.33. The van der Waals surface area contributed by atoms with Crippen molar-refractivity contribution in [3.63, 3.8) is 0 Å². The Morgan fingerprint density at radius 2 is 2.14 bits per heavy atom. The Morgan fingerprint density at radius 3 is 2.71 bits per heavy atom. The fraction of sp³-hybridized carbons (Fsp3) is 0.500. The summed E-state index contributed by atoms with van der Waals surface area (Å²) in [7, 11) is -2.66. The summed E-state index contributed by atoms with van der Waals surface area (Å²) in [4.78, 5) is 21.8. The molecule has 0 aliphatic carbocycles. The molecule has 0 saturated heterocycles. The largest absolute Gasteiger partial charge is 0.481 e. The van der Waals surface area contributed by atoms with Crippen LogP contribution >= 0.6 is 11.3 Å². The van der Waals surface area contributed by atoms with Gasteiger partial charge in [0.15, 0.2) is 0 Å². The normalized spacial score (nSPS) is 12.9. The third kappa shape index (κ3) is 5.10. The van der Waals surface area contributed by atoms with Crippen molar-refractivity contribution >= 4 is 33.3 Å². The number of nitrogens with one attached hydrogen (secondary N) is 1. The number of methoxy groups -OCH3 is 1. The van der Waals surface area contributed by atoms with Crippen molar-refractivity contribution in [3.05, 3.63) is 16.3 Å². The highest BCUT2D eigenvalue weighted by molar-refractivity contribution is 7.89. The van der Waals surface area contributed by atoms with Crippen LogP contribution in [0.4, 0.5) is 0 Å². The zero-order chi connectivity index (χ0) is 16.0. The molecule has 21 heavy (non-hydrogen) atoms. The summed E-state index contributed by atoms with van der Waals surface area (Å²) in [6.07, 6.45) is 0.744. The monoisotopic (exact) mass is 335 g/mol. The predicted octanol–water partition coefficient (Wildman–Crippen LogP) is 1.46. The van der Waals surface area contributed by atoms with Crippen LogP contribution in [0.25, 0.3) is 0 Å². The molecule has 1 heterocycles. The minimum atomic E-state index is -3.84. The third-order valence-electron chi connectivity index (χ3n) is 2.67. The fourth-order valence-corrected chi connectivity index (χ4v) is 4.31. The molecule has 0 aromatic carbocycles. The number of carbonyl (C=O) groups excluding carboxylic acids is 1. The number of ether oxygens (including phenoxy) is 1. The van der Waals surface area contributed by atoms with Crippen molar-refractivity contribution in [3.8, 4) is 0 Å². The van der Waals surface area contributed by atoms with Crippen LogP contribution in [0.1, 0.15) is 35.9 Å². The first kappa shape index (κ1) is 17.6. The third-order valence-corrected chi connectivity index (χ3v) is 5.33. The molecule has 7 nitrogen and oxygen atoms in total. The first-order valence-corrected chi connectivity index (χ1v) is 8.54. The van der Waals surface area contributed by atoms with Gasteiger partial charge in [-0.2, -0.15) is 0 Å². The zero-order valence-corrected chi connectivity index (χ0v) is 13.3. The number of aliphatic carboxylic acids is 1. The molecule has 0 radical (unpaired) electrons. The van der Waals surface area contributed by atoms with Crippen molar-refractivity contribution in [2.24, 2.45) is 0 Å². The molecule has 1 rings (SSSR count). The average molecular weight is 335 g/mol. The summed E-state index contributed by atoms with van der Waals surface area (Å²) < 4.78 is 31.4. The Bertz CT molecular complexity index is 607. The van der Waals surface area contributed by atoms with Gasteiger partial charge in [-0.15, -0.1) is 11.3 Å². The van der Waals surface area contributed by atoms with E-state index in [0.717, 1.165) is 11.3 Å². The highest BCUT2D eigenvalue weighted by Gasteiger charge is 2.25. The highest BCUT2D eigenvalue weighted by atomic mass is 32.2. The maximum absolute atomic E-state index is 12.2. The molecular formula is C12H17NO6S2. The number of carbonyl (C=O) groups is 2. The lowest BCUT2D eigenvalue weighted by molar-refractivity contribution is -0.137. The van der Waals surface area contributed by atoms with E-state index < -0.39 is 28.0 Å². The van der Waals surface area contributed by atoms with E-state index >= 15 is 0 Å². The summed E-state index contributed by atoms with van der Waals surface area (Å²) in [5, 5.41) is 10.0. The molecule has 0 amide bonds. The summed E-state index contributed by atoms with van der Waals surface area (Å²) in [5.74, 6) is -1.63. The van der Waals surface area contributed by atoms with Gasteiger partial charge in [-0.3, -0.25) is 4.79 Å². The second-order valence-corrected chi connectivity index (χ2v) is 7.01. The van der Waals surface area contributed by atoms with E-state index in [1.165, 1.54) is 18.6 Å². The van der Waals surface area contributed by atoms with Gasteiger partial charge in [0.25, 0.3) is 0 Å². The smallest absolute Gasteiger partial charge is 0.349 e. The lowest BCUT2D eigenvalue weighted by atomic mass is 10.1. The van der Waals surface area contributed by atoms with Crippen LogP contribution in [0.5, 0.6) is 0 Å². The molecule has 9 heteroatoms. The molecule has 1 atom stereocenters. The first-order chi connectivity index (χ1) is 9.77. The number of sulfonamides is 1. The number of carboxylic acid groups (broad SMARTS) is 1. The lowest BCUT2D eigenvalue weighted by Gasteiger charge is -2.13. The van der Waals surface area contributed by atoms with Crippen LogP contribution in [0.2, 0.25) is 0 Å². The van der Waals surface area contributed by atoms with E-state index in [4.69, 9.17) is 5.11 Å². The number of rotatable bonds is 8. The molecule has 0 bridgehead atoms. The number of carboxylic acids is 1. The standard InChI is InChI=1S/C12H17NO6S2/c1-8(4-3-5-10(14)15)13-21(17,18)9-6-7-20-11(9)12(16)19-2/h6-8,13H,3-5H2,1-2H3,(H,14,15). The van der Waals surface area contributed by atoms with E-state index in [1.807, 2.05) is 0 Å². The van der Waals surface area contributed by atoms with Crippen molar-refractivity contribution in [1.29, 1.82) is 0 Å². The molecule has 0 saturated carbocycles. The van der Waals surface area contributed by atoms with Crippen molar-refractivity contribution in [1.82, 2.24) is 4.72 Å². The Balaban J connectivity index is 2.76. The minimum absolute atomic E-state index is 0.0159. The van der Waals surface area contributed by atoms with Gasteiger partial charge in [0.2, 0.25) is 10.0 Å². The van der Waals surface area contributed by atoms with Crippen LogP contribution in [-0.4, -0.2) is 38.6 Å². The molecular weight excluding hydrogens is 318 g/mol. The fourth-order valence-electron chi connectivity index (χ4n) is 1.70. The molecule has 0 spiro atoms. The van der Waals surface area contributed by atoms with Gasteiger partial charge in [-0.25, -0.2) is 17.9 Å². The van der Waals surface area contributed by atoms with E-state index in [9.17, 15) is 18.0 Å². The van der Waals surface area contributed by atoms with Crippen LogP contribution in [0.3, 0.4) is 0 Å². The SMILES string of the molecule is COC(=O)c1sccc1S(=O)(=O)NC(C)CCCC(=O)O. The molecule has 118 valence electrons. The predicted molar refractivity (Wildman–Crippen MR) is 76.9 cm³/mol. The Morgan fingerprint density at radius 1 is 1.48 bits per heavy atom. The highest BCUT2D eigenvalue weighted by Crippen LogP contribution is 2.23. The zero-order valence-electron chi connectivity index (χ0n) is 11.7. The molecule has 1 aromatic heterocycles. The van der Waals surface area contributed by atoms with Crippen LogP contribution in [-0.2, 0) is 19.6 Å². The molecule has 2 N–H and O–H groups in total. The van der Waals surface area contributed by atoms with Gasteiger partial charge in [-0.05, 0) is 31.2 Å². The number of hydrogen-bond donors (Lipinski definition) is 2. The molecule has 1 unspecified atom stereocenters. The second-order valence-electron chi connectivity index (χ2n) is 4.41. The van der Waals surface area contributed by atoms with Gasteiger partial charge in [0, 0.05) is 12.5 Å². The summed E-state index contributed by atoms with van der Waals surface area (Å²) in [6.45, 7) is 1.64. The molecule has 1 aromatic rings.